The molecule has 1 nitrogen and oxygen atoms in total. The zero-order valence-electron chi connectivity index (χ0n) is 9.79. The summed E-state index contributed by atoms with van der Waals surface area (Å²) >= 11 is 0. The predicted molar refractivity (Wildman–Crippen MR) is 72.4 cm³/mol. The van der Waals surface area contributed by atoms with Crippen molar-refractivity contribution in [3.8, 4) is 0 Å². The van der Waals surface area contributed by atoms with Crippen molar-refractivity contribution in [3.05, 3.63) is 47.5 Å². The second-order valence-corrected chi connectivity index (χ2v) is 5.00. The summed E-state index contributed by atoms with van der Waals surface area (Å²) in [6.45, 7) is 0. The summed E-state index contributed by atoms with van der Waals surface area (Å²) in [4.78, 5) is 3.61. The summed E-state index contributed by atoms with van der Waals surface area (Å²) in [6.07, 6.45) is 5.17. The van der Waals surface area contributed by atoms with Crippen LogP contribution in [-0.4, -0.2) is 4.98 Å². The van der Waals surface area contributed by atoms with Crippen LogP contribution in [0, 0.1) is 0 Å². The van der Waals surface area contributed by atoms with Crippen molar-refractivity contribution in [2.75, 3.05) is 0 Å². The van der Waals surface area contributed by atoms with Crippen LogP contribution in [0.1, 0.15) is 24.0 Å². The first-order valence-electron chi connectivity index (χ1n) is 6.45. The summed E-state index contributed by atoms with van der Waals surface area (Å²) in [7, 11) is 0. The van der Waals surface area contributed by atoms with Gasteiger partial charge in [-0.25, -0.2) is 0 Å². The molecule has 1 aliphatic rings. The molecule has 4 rings (SSSR count). The Bertz CT molecular complexity index is 706. The van der Waals surface area contributed by atoms with Gasteiger partial charge in [-0.3, -0.25) is 0 Å². The molecule has 2 aromatic carbocycles. The minimum Gasteiger partial charge on any atom is -0.354 e. The maximum atomic E-state index is 3.61. The van der Waals surface area contributed by atoms with Crippen LogP contribution in [0.25, 0.3) is 21.8 Å². The van der Waals surface area contributed by atoms with E-state index in [-0.39, 0.29) is 0 Å². The van der Waals surface area contributed by atoms with Crippen molar-refractivity contribution in [2.24, 2.45) is 0 Å². The molecule has 0 bridgehead atoms. The molecular formula is C16H15N. The number of H-pyrrole nitrogens is 1. The van der Waals surface area contributed by atoms with Gasteiger partial charge in [0, 0.05) is 21.8 Å². The van der Waals surface area contributed by atoms with Crippen LogP contribution < -0.4 is 0 Å². The standard InChI is InChI=1S/C16H15N/c1-2-6-12-11(5-1)9-10-14-13-7-3-4-8-15(13)17-16(12)14/h3-4,7-10,17H,1-2,5-6H2. The number of rotatable bonds is 0. The van der Waals surface area contributed by atoms with E-state index in [4.69, 9.17) is 0 Å². The Kier molecular flexibility index (Phi) is 1.84. The van der Waals surface area contributed by atoms with Gasteiger partial charge in [0.1, 0.15) is 0 Å². The van der Waals surface area contributed by atoms with Crippen molar-refractivity contribution in [1.29, 1.82) is 0 Å². The van der Waals surface area contributed by atoms with E-state index in [1.54, 1.807) is 11.1 Å². The number of aromatic nitrogens is 1. The number of hydrogen-bond donors (Lipinski definition) is 1. The third-order valence-corrected chi connectivity index (χ3v) is 4.01. The molecule has 1 aromatic heterocycles. The Labute approximate surface area is 100 Å². The molecule has 0 spiro atoms. The van der Waals surface area contributed by atoms with Gasteiger partial charge >= 0.3 is 0 Å². The van der Waals surface area contributed by atoms with Gasteiger partial charge in [0.25, 0.3) is 0 Å². The van der Waals surface area contributed by atoms with E-state index in [1.165, 1.54) is 47.5 Å². The Balaban J connectivity index is 2.16. The highest BCUT2D eigenvalue weighted by Gasteiger charge is 2.14. The van der Waals surface area contributed by atoms with Gasteiger partial charge in [0.05, 0.1) is 0 Å². The summed E-state index contributed by atoms with van der Waals surface area (Å²) < 4.78 is 0. The maximum absolute atomic E-state index is 3.61. The van der Waals surface area contributed by atoms with Crippen LogP contribution >= 0.6 is 0 Å². The van der Waals surface area contributed by atoms with Gasteiger partial charge in [-0.05, 0) is 42.9 Å². The molecule has 17 heavy (non-hydrogen) atoms. The Morgan fingerprint density at radius 1 is 0.824 bits per heavy atom. The molecule has 1 N–H and O–H groups in total. The zero-order valence-corrected chi connectivity index (χ0v) is 9.79. The quantitative estimate of drug-likeness (QED) is 0.585. The van der Waals surface area contributed by atoms with Crippen molar-refractivity contribution in [3.63, 3.8) is 0 Å². The third kappa shape index (κ3) is 1.25. The minimum absolute atomic E-state index is 1.24. The molecule has 0 unspecified atom stereocenters. The van der Waals surface area contributed by atoms with Crippen LogP contribution in [0.15, 0.2) is 36.4 Å². The second-order valence-electron chi connectivity index (χ2n) is 5.00. The summed E-state index contributed by atoms with van der Waals surface area (Å²) in [5.41, 5.74) is 5.75. The first-order chi connectivity index (χ1) is 8.43. The van der Waals surface area contributed by atoms with E-state index in [1.807, 2.05) is 0 Å². The van der Waals surface area contributed by atoms with E-state index in [0.717, 1.165) is 0 Å². The topological polar surface area (TPSA) is 15.8 Å². The highest BCUT2D eigenvalue weighted by molar-refractivity contribution is 6.08. The third-order valence-electron chi connectivity index (χ3n) is 4.01. The van der Waals surface area contributed by atoms with Gasteiger partial charge in [-0.1, -0.05) is 30.3 Å². The normalized spacial score (nSPS) is 15.3. The maximum Gasteiger partial charge on any atom is 0.0500 e. The fourth-order valence-corrected chi connectivity index (χ4v) is 3.16. The van der Waals surface area contributed by atoms with Crippen molar-refractivity contribution in [1.82, 2.24) is 4.98 Å². The van der Waals surface area contributed by atoms with Gasteiger partial charge in [-0.15, -0.1) is 0 Å². The van der Waals surface area contributed by atoms with E-state index >= 15 is 0 Å². The molecule has 84 valence electrons. The lowest BCUT2D eigenvalue weighted by atomic mass is 9.90. The van der Waals surface area contributed by atoms with Crippen LogP contribution in [0.2, 0.25) is 0 Å². The minimum atomic E-state index is 1.24. The number of benzene rings is 2. The van der Waals surface area contributed by atoms with Crippen LogP contribution in [0.5, 0.6) is 0 Å². The van der Waals surface area contributed by atoms with E-state index in [0.29, 0.717) is 0 Å². The lowest BCUT2D eigenvalue weighted by molar-refractivity contribution is 0.689. The average molecular weight is 221 g/mol. The summed E-state index contributed by atoms with van der Waals surface area (Å²) in [5.74, 6) is 0. The van der Waals surface area contributed by atoms with E-state index < -0.39 is 0 Å². The summed E-state index contributed by atoms with van der Waals surface area (Å²) in [5, 5.41) is 2.75. The molecule has 0 amide bonds. The number of aryl methyl sites for hydroxylation is 2. The van der Waals surface area contributed by atoms with Gasteiger partial charge in [0.15, 0.2) is 0 Å². The van der Waals surface area contributed by atoms with E-state index in [2.05, 4.69) is 41.4 Å². The molecule has 3 aromatic rings. The second kappa shape index (κ2) is 3.36. The number of hydrogen-bond acceptors (Lipinski definition) is 0. The molecule has 0 aliphatic heterocycles. The number of aromatic amines is 1. The Morgan fingerprint density at radius 2 is 1.71 bits per heavy atom. The smallest absolute Gasteiger partial charge is 0.0500 e. The molecule has 0 radical (unpaired) electrons. The Hall–Kier alpha value is -1.76. The SMILES string of the molecule is c1ccc2c(c1)[nH]c1c3c(ccc12)CCCC3. The molecule has 0 saturated carbocycles. The van der Waals surface area contributed by atoms with Gasteiger partial charge < -0.3 is 4.98 Å². The van der Waals surface area contributed by atoms with Crippen LogP contribution in [-0.2, 0) is 12.8 Å². The number of fused-ring (bicyclic) bond motifs is 5. The predicted octanol–water partition coefficient (Wildman–Crippen LogP) is 4.20. The van der Waals surface area contributed by atoms with Crippen LogP contribution in [0.4, 0.5) is 0 Å². The molecular weight excluding hydrogens is 206 g/mol. The molecule has 0 fully saturated rings. The van der Waals surface area contributed by atoms with Crippen molar-refractivity contribution in [2.45, 2.75) is 25.7 Å². The Morgan fingerprint density at radius 3 is 2.71 bits per heavy atom. The molecule has 0 atom stereocenters. The molecule has 0 saturated heterocycles. The molecule has 1 heterocycles. The van der Waals surface area contributed by atoms with Crippen LogP contribution in [0.3, 0.4) is 0 Å². The number of nitrogens with one attached hydrogen (secondary N) is 1. The van der Waals surface area contributed by atoms with Crippen molar-refractivity contribution >= 4 is 21.8 Å². The zero-order chi connectivity index (χ0) is 11.2. The lowest BCUT2D eigenvalue weighted by Gasteiger charge is -2.16. The van der Waals surface area contributed by atoms with Gasteiger partial charge in [0.2, 0.25) is 0 Å². The van der Waals surface area contributed by atoms with E-state index in [9.17, 15) is 0 Å². The molecule has 1 aliphatic carbocycles. The first kappa shape index (κ1) is 9.29. The first-order valence-corrected chi connectivity index (χ1v) is 6.45. The average Bonchev–Trinajstić information content (AvgIpc) is 2.78. The molecule has 1 heteroatoms. The highest BCUT2D eigenvalue weighted by atomic mass is 14.7. The fourth-order valence-electron chi connectivity index (χ4n) is 3.16. The summed E-state index contributed by atoms with van der Waals surface area (Å²) in [6, 6.07) is 13.2. The number of para-hydroxylation sites is 1. The lowest BCUT2D eigenvalue weighted by Crippen LogP contribution is -2.02. The largest absolute Gasteiger partial charge is 0.354 e. The fraction of sp³-hybridized carbons (Fsp3) is 0.250. The van der Waals surface area contributed by atoms with Gasteiger partial charge in [-0.2, -0.15) is 0 Å². The van der Waals surface area contributed by atoms with Crippen molar-refractivity contribution < 1.29 is 0 Å². The highest BCUT2D eigenvalue weighted by Crippen LogP contribution is 2.32. The monoisotopic (exact) mass is 221 g/mol.